The van der Waals surface area contributed by atoms with Gasteiger partial charge >= 0.3 is 0 Å². The van der Waals surface area contributed by atoms with E-state index in [9.17, 15) is 4.79 Å². The summed E-state index contributed by atoms with van der Waals surface area (Å²) in [5.41, 5.74) is 0. The molecule has 2 atom stereocenters. The van der Waals surface area contributed by atoms with Gasteiger partial charge in [-0.3, -0.25) is 4.79 Å². The lowest BCUT2D eigenvalue weighted by atomic mass is 10.0. The first-order chi connectivity index (χ1) is 5.88. The molecule has 2 heterocycles. The van der Waals surface area contributed by atoms with Gasteiger partial charge < -0.3 is 15.4 Å². The molecule has 68 valence electrons. The van der Waals surface area contributed by atoms with Gasteiger partial charge in [0, 0.05) is 6.54 Å². The molecule has 2 N–H and O–H groups in total. The average Bonchev–Trinajstić information content (AvgIpc) is 2.29. The molecule has 0 spiro atoms. The quantitative estimate of drug-likeness (QED) is 0.503. The van der Waals surface area contributed by atoms with Crippen LogP contribution in [0.25, 0.3) is 0 Å². The summed E-state index contributed by atoms with van der Waals surface area (Å²) in [5, 5.41) is 5.99. The van der Waals surface area contributed by atoms with E-state index >= 15 is 0 Å². The average molecular weight is 170 g/mol. The van der Waals surface area contributed by atoms with E-state index in [1.807, 2.05) is 0 Å². The van der Waals surface area contributed by atoms with Gasteiger partial charge in [0.25, 0.3) is 0 Å². The molecule has 2 aliphatic rings. The van der Waals surface area contributed by atoms with Crippen molar-refractivity contribution >= 4 is 5.91 Å². The van der Waals surface area contributed by atoms with Crippen LogP contribution >= 0.6 is 0 Å². The van der Waals surface area contributed by atoms with Crippen LogP contribution in [0.2, 0.25) is 0 Å². The Hall–Kier alpha value is -0.610. The maximum Gasteiger partial charge on any atom is 0.239 e. The molecule has 1 amide bonds. The minimum absolute atomic E-state index is 0.0946. The molecule has 4 heteroatoms. The zero-order chi connectivity index (χ0) is 8.39. The Labute approximate surface area is 71.7 Å². The third kappa shape index (κ3) is 1.44. The van der Waals surface area contributed by atoms with Crippen LogP contribution < -0.4 is 10.6 Å². The third-order valence-corrected chi connectivity index (χ3v) is 2.42. The van der Waals surface area contributed by atoms with Gasteiger partial charge in [0.1, 0.15) is 6.04 Å². The van der Waals surface area contributed by atoms with Gasteiger partial charge in [-0.05, 0) is 19.4 Å². The molecular formula is C8H14N2O2. The molecule has 0 radical (unpaired) electrons. The number of hydrogen-bond acceptors (Lipinski definition) is 3. The molecule has 2 saturated heterocycles. The van der Waals surface area contributed by atoms with E-state index in [1.54, 1.807) is 0 Å². The van der Waals surface area contributed by atoms with Crippen molar-refractivity contribution < 1.29 is 9.53 Å². The van der Waals surface area contributed by atoms with Crippen molar-refractivity contribution in [3.8, 4) is 0 Å². The predicted octanol–water partition coefficient (Wildman–Crippen LogP) is -0.747. The lowest BCUT2D eigenvalue weighted by molar-refractivity contribution is -0.125. The summed E-state index contributed by atoms with van der Waals surface area (Å²) in [6, 6.07) is -0.110. The molecule has 0 aliphatic carbocycles. The number of amides is 1. The lowest BCUT2D eigenvalue weighted by Crippen LogP contribution is -2.52. The van der Waals surface area contributed by atoms with Crippen molar-refractivity contribution in [2.24, 2.45) is 0 Å². The number of piperidine rings is 1. The molecule has 0 aromatic rings. The molecule has 0 aromatic carbocycles. The monoisotopic (exact) mass is 170 g/mol. The fraction of sp³-hybridized carbons (Fsp3) is 0.875. The van der Waals surface area contributed by atoms with E-state index in [0.717, 1.165) is 19.4 Å². The van der Waals surface area contributed by atoms with Crippen molar-refractivity contribution in [3.63, 3.8) is 0 Å². The van der Waals surface area contributed by atoms with Gasteiger partial charge in [-0.2, -0.15) is 0 Å². The maximum atomic E-state index is 11.4. The molecular weight excluding hydrogens is 156 g/mol. The Balaban J connectivity index is 2.06. The first-order valence-electron chi connectivity index (χ1n) is 4.50. The normalized spacial score (nSPS) is 36.5. The zero-order valence-corrected chi connectivity index (χ0v) is 7.01. The maximum absolute atomic E-state index is 11.4. The molecule has 0 aromatic heterocycles. The standard InChI is InChI=1S/C8H14N2O2/c11-8-7-6(2-1-3-9-7)12-5-4-10-8/h6-7,9H,1-5H2,(H,10,11)/t6-,7-/m0/s1. The number of rotatable bonds is 0. The van der Waals surface area contributed by atoms with Crippen molar-refractivity contribution in [1.29, 1.82) is 0 Å². The lowest BCUT2D eigenvalue weighted by Gasteiger charge is -2.28. The zero-order valence-electron chi connectivity index (χ0n) is 7.01. The summed E-state index contributed by atoms with van der Waals surface area (Å²) in [6.45, 7) is 2.22. The van der Waals surface area contributed by atoms with Crippen molar-refractivity contribution in [3.05, 3.63) is 0 Å². The molecule has 0 saturated carbocycles. The minimum atomic E-state index is -0.110. The number of nitrogens with one attached hydrogen (secondary N) is 2. The Morgan fingerprint density at radius 1 is 1.42 bits per heavy atom. The Morgan fingerprint density at radius 2 is 2.33 bits per heavy atom. The van der Waals surface area contributed by atoms with E-state index in [2.05, 4.69) is 10.6 Å². The Morgan fingerprint density at radius 3 is 3.25 bits per heavy atom. The van der Waals surface area contributed by atoms with Crippen LogP contribution in [0.1, 0.15) is 12.8 Å². The SMILES string of the molecule is O=C1NCCO[C@H]2CCCN[C@H]12. The Bertz CT molecular complexity index is 184. The van der Waals surface area contributed by atoms with E-state index in [-0.39, 0.29) is 18.1 Å². The van der Waals surface area contributed by atoms with Gasteiger partial charge in [0.2, 0.25) is 5.91 Å². The third-order valence-electron chi connectivity index (χ3n) is 2.42. The van der Waals surface area contributed by atoms with E-state index in [0.29, 0.717) is 13.2 Å². The van der Waals surface area contributed by atoms with Gasteiger partial charge in [-0.1, -0.05) is 0 Å². The largest absolute Gasteiger partial charge is 0.374 e. The molecule has 2 aliphatic heterocycles. The van der Waals surface area contributed by atoms with Crippen LogP contribution in [0.15, 0.2) is 0 Å². The fourth-order valence-electron chi connectivity index (χ4n) is 1.79. The minimum Gasteiger partial charge on any atom is -0.374 e. The number of carbonyl (C=O) groups excluding carboxylic acids is 1. The number of fused-ring (bicyclic) bond motifs is 1. The molecule has 4 nitrogen and oxygen atoms in total. The van der Waals surface area contributed by atoms with Crippen LogP contribution in [0.3, 0.4) is 0 Å². The van der Waals surface area contributed by atoms with Crippen LogP contribution in [-0.4, -0.2) is 37.7 Å². The van der Waals surface area contributed by atoms with Gasteiger partial charge in [0.15, 0.2) is 0 Å². The van der Waals surface area contributed by atoms with E-state index in [1.165, 1.54) is 0 Å². The van der Waals surface area contributed by atoms with Crippen LogP contribution in [0.5, 0.6) is 0 Å². The van der Waals surface area contributed by atoms with Gasteiger partial charge in [0.05, 0.1) is 12.7 Å². The van der Waals surface area contributed by atoms with Gasteiger partial charge in [-0.15, -0.1) is 0 Å². The highest BCUT2D eigenvalue weighted by Gasteiger charge is 2.32. The summed E-state index contributed by atoms with van der Waals surface area (Å²) in [6.07, 6.45) is 2.21. The summed E-state index contributed by atoms with van der Waals surface area (Å²) >= 11 is 0. The predicted molar refractivity (Wildman–Crippen MR) is 43.8 cm³/mol. The van der Waals surface area contributed by atoms with Crippen LogP contribution in [-0.2, 0) is 9.53 Å². The number of carbonyl (C=O) groups is 1. The van der Waals surface area contributed by atoms with E-state index < -0.39 is 0 Å². The second-order valence-corrected chi connectivity index (χ2v) is 3.27. The second kappa shape index (κ2) is 3.41. The number of hydrogen-bond donors (Lipinski definition) is 2. The van der Waals surface area contributed by atoms with Crippen molar-refractivity contribution in [1.82, 2.24) is 10.6 Å². The Kier molecular flexibility index (Phi) is 2.28. The molecule has 2 rings (SSSR count). The molecule has 12 heavy (non-hydrogen) atoms. The summed E-state index contributed by atoms with van der Waals surface area (Å²) < 4.78 is 5.53. The first kappa shape index (κ1) is 8.01. The van der Waals surface area contributed by atoms with Crippen LogP contribution in [0.4, 0.5) is 0 Å². The smallest absolute Gasteiger partial charge is 0.239 e. The first-order valence-corrected chi connectivity index (χ1v) is 4.50. The molecule has 0 bridgehead atoms. The highest BCUT2D eigenvalue weighted by atomic mass is 16.5. The summed E-state index contributed by atoms with van der Waals surface area (Å²) in [5.74, 6) is 0.0946. The van der Waals surface area contributed by atoms with Gasteiger partial charge in [-0.25, -0.2) is 0 Å². The second-order valence-electron chi connectivity index (χ2n) is 3.27. The van der Waals surface area contributed by atoms with Crippen molar-refractivity contribution in [2.45, 2.75) is 25.0 Å². The fourth-order valence-corrected chi connectivity index (χ4v) is 1.79. The highest BCUT2D eigenvalue weighted by molar-refractivity contribution is 5.82. The molecule has 2 fully saturated rings. The van der Waals surface area contributed by atoms with Crippen molar-refractivity contribution in [2.75, 3.05) is 19.7 Å². The van der Waals surface area contributed by atoms with E-state index in [4.69, 9.17) is 4.74 Å². The summed E-state index contributed by atoms with van der Waals surface area (Å²) in [4.78, 5) is 11.4. The molecule has 0 unspecified atom stereocenters. The topological polar surface area (TPSA) is 50.4 Å². The summed E-state index contributed by atoms with van der Waals surface area (Å²) in [7, 11) is 0. The van der Waals surface area contributed by atoms with Crippen LogP contribution in [0, 0.1) is 0 Å². The number of ether oxygens (including phenoxy) is 1. The highest BCUT2D eigenvalue weighted by Crippen LogP contribution is 2.14.